The van der Waals surface area contributed by atoms with Gasteiger partial charge in [-0.3, -0.25) is 0 Å². The quantitative estimate of drug-likeness (QED) is 0.784. The second kappa shape index (κ2) is 3.76. The Bertz CT molecular complexity index is 619. The lowest BCUT2D eigenvalue weighted by molar-refractivity contribution is 0.593. The zero-order valence-corrected chi connectivity index (χ0v) is 9.75. The van der Waals surface area contributed by atoms with Crippen molar-refractivity contribution in [2.75, 3.05) is 11.5 Å². The molecule has 1 heterocycles. The molecule has 0 atom stereocenters. The minimum atomic E-state index is -3.65. The van der Waals surface area contributed by atoms with Gasteiger partial charge in [0, 0.05) is 5.38 Å². The number of sulfone groups is 1. The van der Waals surface area contributed by atoms with Crippen LogP contribution in [0.2, 0.25) is 0 Å². The van der Waals surface area contributed by atoms with Crippen molar-refractivity contribution < 1.29 is 8.42 Å². The number of para-hydroxylation sites is 1. The van der Waals surface area contributed by atoms with Gasteiger partial charge in [0.05, 0.1) is 10.6 Å². The number of rotatable bonds is 2. The lowest BCUT2D eigenvalue weighted by Crippen LogP contribution is -2.05. The van der Waals surface area contributed by atoms with Crippen LogP contribution in [0.1, 0.15) is 0 Å². The van der Waals surface area contributed by atoms with E-state index in [1.807, 2.05) is 0 Å². The molecule has 0 saturated carbocycles. The average Bonchev–Trinajstić information content (AvgIpc) is 2.66. The maximum Gasteiger partial charge on any atom is 0.226 e. The minimum absolute atomic E-state index is 0.0558. The maximum absolute atomic E-state index is 12.1. The molecule has 16 heavy (non-hydrogen) atoms. The van der Waals surface area contributed by atoms with Crippen LogP contribution < -0.4 is 11.5 Å². The van der Waals surface area contributed by atoms with E-state index in [0.717, 1.165) is 11.3 Å². The Labute approximate surface area is 96.7 Å². The first-order chi connectivity index (χ1) is 7.51. The van der Waals surface area contributed by atoms with E-state index in [4.69, 9.17) is 11.5 Å². The second-order valence-corrected chi connectivity index (χ2v) is 5.82. The van der Waals surface area contributed by atoms with Gasteiger partial charge < -0.3 is 11.5 Å². The van der Waals surface area contributed by atoms with Crippen molar-refractivity contribution >= 4 is 32.0 Å². The van der Waals surface area contributed by atoms with Crippen LogP contribution in [0.4, 0.5) is 10.8 Å². The first-order valence-corrected chi connectivity index (χ1v) is 6.68. The number of nitrogen functional groups attached to an aromatic ring is 2. The summed E-state index contributed by atoms with van der Waals surface area (Å²) < 4.78 is 24.2. The highest BCUT2D eigenvalue weighted by Crippen LogP contribution is 2.26. The summed E-state index contributed by atoms with van der Waals surface area (Å²) in [5.41, 5.74) is 11.2. The van der Waals surface area contributed by atoms with Crippen LogP contribution in [-0.2, 0) is 9.84 Å². The molecule has 7 heteroatoms. The van der Waals surface area contributed by atoms with Gasteiger partial charge in [-0.2, -0.15) is 0 Å². The summed E-state index contributed by atoms with van der Waals surface area (Å²) >= 11 is 1.08. The van der Waals surface area contributed by atoms with Crippen molar-refractivity contribution in [3.8, 4) is 0 Å². The molecular weight excluding hydrogens is 246 g/mol. The summed E-state index contributed by atoms with van der Waals surface area (Å²) in [4.78, 5) is 3.81. The van der Waals surface area contributed by atoms with Gasteiger partial charge in [0.1, 0.15) is 0 Å². The molecule has 1 aromatic carbocycles. The predicted octanol–water partition coefficient (Wildman–Crippen LogP) is 1.14. The average molecular weight is 255 g/mol. The highest BCUT2D eigenvalue weighted by Gasteiger charge is 2.22. The summed E-state index contributed by atoms with van der Waals surface area (Å²) in [7, 11) is -3.65. The molecule has 0 saturated heterocycles. The molecule has 2 rings (SSSR count). The van der Waals surface area contributed by atoms with E-state index >= 15 is 0 Å². The lowest BCUT2D eigenvalue weighted by atomic mass is 10.3. The Balaban J connectivity index is 2.60. The Morgan fingerprint density at radius 2 is 1.88 bits per heavy atom. The normalized spacial score (nSPS) is 11.5. The standard InChI is InChI=1S/C9H9N3O2S2/c10-6-3-1-2-4-7(6)16(13,14)8-5-15-9(11)12-8/h1-5H,10H2,(H2,11,12). The van der Waals surface area contributed by atoms with E-state index < -0.39 is 9.84 Å². The summed E-state index contributed by atoms with van der Waals surface area (Å²) in [6.45, 7) is 0. The van der Waals surface area contributed by atoms with Gasteiger partial charge in [-0.25, -0.2) is 13.4 Å². The SMILES string of the molecule is Nc1nc(S(=O)(=O)c2ccccc2N)cs1. The summed E-state index contributed by atoms with van der Waals surface area (Å²) in [6, 6.07) is 6.26. The number of aromatic nitrogens is 1. The molecule has 0 bridgehead atoms. The fraction of sp³-hybridized carbons (Fsp3) is 0. The summed E-state index contributed by atoms with van der Waals surface area (Å²) in [6.07, 6.45) is 0. The Morgan fingerprint density at radius 1 is 1.19 bits per heavy atom. The van der Waals surface area contributed by atoms with Gasteiger partial charge in [-0.05, 0) is 12.1 Å². The van der Waals surface area contributed by atoms with Crippen LogP contribution in [-0.4, -0.2) is 13.4 Å². The second-order valence-electron chi connectivity index (χ2n) is 3.07. The first kappa shape index (κ1) is 10.9. The molecule has 4 N–H and O–H groups in total. The van der Waals surface area contributed by atoms with Crippen LogP contribution >= 0.6 is 11.3 Å². The molecule has 5 nitrogen and oxygen atoms in total. The molecule has 0 unspecified atom stereocenters. The molecule has 0 radical (unpaired) electrons. The summed E-state index contributed by atoms with van der Waals surface area (Å²) in [5.74, 6) is 0. The fourth-order valence-corrected chi connectivity index (χ4v) is 3.45. The zero-order valence-electron chi connectivity index (χ0n) is 8.12. The number of nitrogens with zero attached hydrogens (tertiary/aromatic N) is 1. The van der Waals surface area contributed by atoms with Crippen molar-refractivity contribution in [3.05, 3.63) is 29.6 Å². The van der Waals surface area contributed by atoms with Gasteiger partial charge in [0.25, 0.3) is 0 Å². The van der Waals surface area contributed by atoms with Crippen LogP contribution in [0.5, 0.6) is 0 Å². The number of anilines is 2. The highest BCUT2D eigenvalue weighted by atomic mass is 32.2. The first-order valence-electron chi connectivity index (χ1n) is 4.32. The molecule has 2 aromatic rings. The van der Waals surface area contributed by atoms with Crippen molar-refractivity contribution in [3.63, 3.8) is 0 Å². The lowest BCUT2D eigenvalue weighted by Gasteiger charge is -2.03. The molecule has 0 spiro atoms. The topological polar surface area (TPSA) is 99.1 Å². The molecular formula is C9H9N3O2S2. The van der Waals surface area contributed by atoms with Crippen LogP contribution in [0.3, 0.4) is 0 Å². The molecule has 0 fully saturated rings. The number of nitrogens with two attached hydrogens (primary N) is 2. The molecule has 0 aliphatic heterocycles. The Hall–Kier alpha value is -1.60. The van der Waals surface area contributed by atoms with E-state index in [1.165, 1.54) is 17.5 Å². The van der Waals surface area contributed by atoms with E-state index in [-0.39, 0.29) is 20.7 Å². The van der Waals surface area contributed by atoms with E-state index in [1.54, 1.807) is 12.1 Å². The number of thiazole rings is 1. The smallest absolute Gasteiger partial charge is 0.226 e. The van der Waals surface area contributed by atoms with Gasteiger partial charge in [0.2, 0.25) is 9.84 Å². The van der Waals surface area contributed by atoms with Crippen molar-refractivity contribution in [1.29, 1.82) is 0 Å². The monoisotopic (exact) mass is 255 g/mol. The molecule has 0 amide bonds. The molecule has 84 valence electrons. The van der Waals surface area contributed by atoms with Crippen LogP contribution in [0.15, 0.2) is 39.6 Å². The maximum atomic E-state index is 12.1. The van der Waals surface area contributed by atoms with Crippen molar-refractivity contribution in [2.45, 2.75) is 9.92 Å². The third-order valence-electron chi connectivity index (χ3n) is 1.98. The van der Waals surface area contributed by atoms with Crippen molar-refractivity contribution in [2.24, 2.45) is 0 Å². The largest absolute Gasteiger partial charge is 0.398 e. The predicted molar refractivity (Wildman–Crippen MR) is 62.8 cm³/mol. The van der Waals surface area contributed by atoms with Gasteiger partial charge >= 0.3 is 0 Å². The van der Waals surface area contributed by atoms with E-state index in [0.29, 0.717) is 0 Å². The third-order valence-corrected chi connectivity index (χ3v) is 4.52. The third kappa shape index (κ3) is 1.74. The van der Waals surface area contributed by atoms with Crippen LogP contribution in [0, 0.1) is 0 Å². The number of hydrogen-bond donors (Lipinski definition) is 2. The van der Waals surface area contributed by atoms with Gasteiger partial charge in [-0.15, -0.1) is 11.3 Å². The molecule has 0 aliphatic rings. The minimum Gasteiger partial charge on any atom is -0.398 e. The van der Waals surface area contributed by atoms with Gasteiger partial charge in [-0.1, -0.05) is 12.1 Å². The number of benzene rings is 1. The fourth-order valence-electron chi connectivity index (χ4n) is 1.23. The van der Waals surface area contributed by atoms with Crippen molar-refractivity contribution in [1.82, 2.24) is 4.98 Å². The van der Waals surface area contributed by atoms with Crippen LogP contribution in [0.25, 0.3) is 0 Å². The number of hydrogen-bond acceptors (Lipinski definition) is 6. The summed E-state index contributed by atoms with van der Waals surface area (Å²) in [5, 5.41) is 1.55. The van der Waals surface area contributed by atoms with E-state index in [9.17, 15) is 8.42 Å². The zero-order chi connectivity index (χ0) is 11.8. The Morgan fingerprint density at radius 3 is 2.44 bits per heavy atom. The molecule has 1 aromatic heterocycles. The molecule has 0 aliphatic carbocycles. The Kier molecular flexibility index (Phi) is 2.56. The van der Waals surface area contributed by atoms with Gasteiger partial charge in [0.15, 0.2) is 10.2 Å². The van der Waals surface area contributed by atoms with E-state index in [2.05, 4.69) is 4.98 Å². The highest BCUT2D eigenvalue weighted by molar-refractivity contribution is 7.91.